The SMILES string of the molecule is C[C@H](NC(=O)c1cc(C(F)(F)F)nn1C)c1nc(-c2ccc(Cl)cc2Cl)no1. The summed E-state index contributed by atoms with van der Waals surface area (Å²) in [5.41, 5.74) is -0.953. The molecule has 1 aromatic carbocycles. The number of aromatic nitrogens is 4. The molecule has 3 aromatic rings. The minimum atomic E-state index is -4.65. The van der Waals surface area contributed by atoms with Crippen LogP contribution in [0, 0.1) is 0 Å². The van der Waals surface area contributed by atoms with Crippen LogP contribution in [0.5, 0.6) is 0 Å². The second kappa shape index (κ2) is 7.44. The molecule has 0 aliphatic heterocycles. The summed E-state index contributed by atoms with van der Waals surface area (Å²) in [7, 11) is 1.24. The molecule has 1 amide bonds. The van der Waals surface area contributed by atoms with Crippen molar-refractivity contribution in [3.63, 3.8) is 0 Å². The average molecular weight is 434 g/mol. The standard InChI is InChI=1S/C16H12Cl2F3N5O2/c1-7(22-14(27)11-6-12(16(19,20)21)24-26(11)2)15-23-13(25-28-15)9-4-3-8(17)5-10(9)18/h3-7H,1-2H3,(H,22,27)/t7-/m0/s1. The zero-order valence-electron chi connectivity index (χ0n) is 14.4. The van der Waals surface area contributed by atoms with E-state index in [1.807, 2.05) is 0 Å². The maximum Gasteiger partial charge on any atom is 0.435 e. The lowest BCUT2D eigenvalue weighted by Gasteiger charge is -2.09. The van der Waals surface area contributed by atoms with Crippen LogP contribution in [0.4, 0.5) is 13.2 Å². The van der Waals surface area contributed by atoms with Gasteiger partial charge in [-0.05, 0) is 25.1 Å². The van der Waals surface area contributed by atoms with Crippen LogP contribution in [-0.4, -0.2) is 25.8 Å². The fourth-order valence-corrected chi connectivity index (χ4v) is 2.83. The van der Waals surface area contributed by atoms with Crippen LogP contribution >= 0.6 is 23.2 Å². The summed E-state index contributed by atoms with van der Waals surface area (Å²) in [6.07, 6.45) is -4.65. The van der Waals surface area contributed by atoms with Gasteiger partial charge in [-0.2, -0.15) is 23.3 Å². The van der Waals surface area contributed by atoms with Crippen LogP contribution in [0.25, 0.3) is 11.4 Å². The van der Waals surface area contributed by atoms with Gasteiger partial charge < -0.3 is 9.84 Å². The van der Waals surface area contributed by atoms with Gasteiger partial charge in [0.2, 0.25) is 11.7 Å². The third-order valence-corrected chi connectivity index (χ3v) is 4.28. The Kier molecular flexibility index (Phi) is 5.35. The predicted octanol–water partition coefficient (Wildman–Crippen LogP) is 4.29. The Bertz CT molecular complexity index is 1030. The summed E-state index contributed by atoms with van der Waals surface area (Å²) in [6.45, 7) is 1.54. The molecule has 2 aromatic heterocycles. The molecule has 0 fully saturated rings. The molecule has 12 heteroatoms. The van der Waals surface area contributed by atoms with Crippen molar-refractivity contribution in [1.29, 1.82) is 0 Å². The lowest BCUT2D eigenvalue weighted by molar-refractivity contribution is -0.141. The summed E-state index contributed by atoms with van der Waals surface area (Å²) in [6, 6.07) is 4.61. The van der Waals surface area contributed by atoms with Crippen LogP contribution in [0.3, 0.4) is 0 Å². The van der Waals surface area contributed by atoms with Gasteiger partial charge in [-0.1, -0.05) is 28.4 Å². The van der Waals surface area contributed by atoms with Crippen molar-refractivity contribution in [2.24, 2.45) is 7.05 Å². The van der Waals surface area contributed by atoms with Crippen LogP contribution < -0.4 is 5.32 Å². The van der Waals surface area contributed by atoms with E-state index >= 15 is 0 Å². The van der Waals surface area contributed by atoms with Crippen molar-refractivity contribution < 1.29 is 22.5 Å². The summed E-state index contributed by atoms with van der Waals surface area (Å²) < 4.78 is 44.2. The molecule has 28 heavy (non-hydrogen) atoms. The van der Waals surface area contributed by atoms with Crippen molar-refractivity contribution >= 4 is 29.1 Å². The lowest BCUT2D eigenvalue weighted by atomic mass is 10.2. The second-order valence-electron chi connectivity index (χ2n) is 5.81. The molecule has 2 heterocycles. The zero-order valence-corrected chi connectivity index (χ0v) is 15.9. The van der Waals surface area contributed by atoms with E-state index in [0.717, 1.165) is 4.68 Å². The first-order valence-corrected chi connectivity index (χ1v) is 8.53. The van der Waals surface area contributed by atoms with E-state index in [0.29, 0.717) is 21.7 Å². The van der Waals surface area contributed by atoms with Crippen molar-refractivity contribution in [2.45, 2.75) is 19.1 Å². The van der Waals surface area contributed by atoms with Gasteiger partial charge in [-0.25, -0.2) is 0 Å². The largest absolute Gasteiger partial charge is 0.435 e. The number of nitrogens with one attached hydrogen (secondary N) is 1. The number of hydrogen-bond acceptors (Lipinski definition) is 5. The molecule has 0 aliphatic rings. The van der Waals surface area contributed by atoms with Crippen LogP contribution in [-0.2, 0) is 13.2 Å². The number of rotatable bonds is 4. The second-order valence-corrected chi connectivity index (χ2v) is 6.66. The Hall–Kier alpha value is -2.59. The minimum Gasteiger partial charge on any atom is -0.339 e. The molecular weight excluding hydrogens is 422 g/mol. The zero-order chi connectivity index (χ0) is 20.6. The fourth-order valence-electron chi connectivity index (χ4n) is 2.34. The first-order valence-electron chi connectivity index (χ1n) is 7.77. The van der Waals surface area contributed by atoms with Gasteiger partial charge in [-0.3, -0.25) is 9.48 Å². The van der Waals surface area contributed by atoms with Crippen LogP contribution in [0.2, 0.25) is 10.0 Å². The Morgan fingerprint density at radius 2 is 2.00 bits per heavy atom. The number of amides is 1. The molecule has 0 spiro atoms. The van der Waals surface area contributed by atoms with E-state index in [-0.39, 0.29) is 17.4 Å². The van der Waals surface area contributed by atoms with Gasteiger partial charge in [0.25, 0.3) is 5.91 Å². The molecule has 1 N–H and O–H groups in total. The molecule has 0 saturated heterocycles. The van der Waals surface area contributed by atoms with E-state index in [4.69, 9.17) is 27.7 Å². The fraction of sp³-hybridized carbons (Fsp3) is 0.250. The van der Waals surface area contributed by atoms with Gasteiger partial charge in [-0.15, -0.1) is 0 Å². The quantitative estimate of drug-likeness (QED) is 0.663. The van der Waals surface area contributed by atoms with Crippen LogP contribution in [0.1, 0.15) is 35.0 Å². The lowest BCUT2D eigenvalue weighted by Crippen LogP contribution is -2.28. The van der Waals surface area contributed by atoms with Gasteiger partial charge in [0.15, 0.2) is 5.69 Å². The highest BCUT2D eigenvalue weighted by Crippen LogP contribution is 2.30. The van der Waals surface area contributed by atoms with E-state index < -0.39 is 23.8 Å². The predicted molar refractivity (Wildman–Crippen MR) is 93.8 cm³/mol. The monoisotopic (exact) mass is 433 g/mol. The molecule has 3 rings (SSSR count). The maximum atomic E-state index is 12.7. The molecule has 0 unspecified atom stereocenters. The summed E-state index contributed by atoms with van der Waals surface area (Å²) in [5, 5.41) is 10.3. The summed E-state index contributed by atoms with van der Waals surface area (Å²) in [4.78, 5) is 16.5. The van der Waals surface area contributed by atoms with Crippen molar-refractivity contribution in [3.05, 3.63) is 51.6 Å². The Labute approximate surface area is 166 Å². The van der Waals surface area contributed by atoms with E-state index in [1.165, 1.54) is 13.1 Å². The summed E-state index contributed by atoms with van der Waals surface area (Å²) in [5.74, 6) is -0.549. The minimum absolute atomic E-state index is 0.0487. The molecular formula is C16H12Cl2F3N5O2. The summed E-state index contributed by atoms with van der Waals surface area (Å²) >= 11 is 11.9. The number of hydrogen-bond donors (Lipinski definition) is 1. The number of alkyl halides is 3. The number of carbonyl (C=O) groups is 1. The third-order valence-electron chi connectivity index (χ3n) is 3.73. The highest BCUT2D eigenvalue weighted by atomic mass is 35.5. The van der Waals surface area contributed by atoms with Crippen LogP contribution in [0.15, 0.2) is 28.8 Å². The number of carbonyl (C=O) groups excluding carboxylic acids is 1. The maximum absolute atomic E-state index is 12.7. The smallest absolute Gasteiger partial charge is 0.339 e. The van der Waals surface area contributed by atoms with Crippen molar-refractivity contribution in [2.75, 3.05) is 0 Å². The third kappa shape index (κ3) is 4.12. The molecule has 1 atom stereocenters. The van der Waals surface area contributed by atoms with Gasteiger partial charge in [0.1, 0.15) is 11.7 Å². The Morgan fingerprint density at radius 1 is 1.29 bits per heavy atom. The van der Waals surface area contributed by atoms with Gasteiger partial charge in [0, 0.05) is 23.7 Å². The molecule has 0 aliphatic carbocycles. The number of nitrogens with zero attached hydrogens (tertiary/aromatic N) is 4. The van der Waals surface area contributed by atoms with E-state index in [1.54, 1.807) is 19.1 Å². The first kappa shape index (κ1) is 20.2. The first-order chi connectivity index (χ1) is 13.1. The molecule has 148 valence electrons. The Balaban J connectivity index is 1.77. The highest BCUT2D eigenvalue weighted by Gasteiger charge is 2.35. The average Bonchev–Trinajstić information content (AvgIpc) is 3.21. The topological polar surface area (TPSA) is 85.8 Å². The van der Waals surface area contributed by atoms with Gasteiger partial charge in [0.05, 0.1) is 5.02 Å². The molecule has 0 bridgehead atoms. The van der Waals surface area contributed by atoms with E-state index in [2.05, 4.69) is 20.6 Å². The van der Waals surface area contributed by atoms with Crippen molar-refractivity contribution in [1.82, 2.24) is 25.2 Å². The highest BCUT2D eigenvalue weighted by molar-refractivity contribution is 6.36. The van der Waals surface area contributed by atoms with Crippen molar-refractivity contribution in [3.8, 4) is 11.4 Å². The molecule has 0 saturated carbocycles. The molecule has 0 radical (unpaired) electrons. The Morgan fingerprint density at radius 3 is 2.61 bits per heavy atom. The molecule has 7 nitrogen and oxygen atoms in total. The number of halogens is 5. The van der Waals surface area contributed by atoms with E-state index in [9.17, 15) is 18.0 Å². The number of benzene rings is 1. The normalized spacial score (nSPS) is 12.8. The number of aryl methyl sites for hydroxylation is 1. The van der Waals surface area contributed by atoms with Gasteiger partial charge >= 0.3 is 6.18 Å².